The van der Waals surface area contributed by atoms with Crippen molar-refractivity contribution in [2.75, 3.05) is 26.9 Å². The number of ether oxygens (including phenoxy) is 5. The Bertz CT molecular complexity index is 3250. The largest absolute Gasteiger partial charge is 0.490 e. The van der Waals surface area contributed by atoms with Gasteiger partial charge in [0.2, 0.25) is 11.9 Å². The topological polar surface area (TPSA) is 203 Å². The van der Waals surface area contributed by atoms with Gasteiger partial charge in [-0.15, -0.1) is 0 Å². The first-order chi connectivity index (χ1) is 35.8. The van der Waals surface area contributed by atoms with Crippen LogP contribution in [0.5, 0.6) is 23.0 Å². The number of nitrogens with one attached hydrogen (secondary N) is 5. The monoisotopic (exact) mass is 1040 g/mol. The minimum atomic E-state index is -4.24. The number of carbonyl (C=O) groups is 3. The molecule has 7 rings (SSSR count). The maximum atomic E-state index is 14.4. The average Bonchev–Trinajstić information content (AvgIpc) is 3.38. The Morgan fingerprint density at radius 2 is 1.35 bits per heavy atom. The lowest BCUT2D eigenvalue weighted by atomic mass is 9.88. The summed E-state index contributed by atoms with van der Waals surface area (Å²) in [5, 5.41) is 20.9. The summed E-state index contributed by atoms with van der Waals surface area (Å²) in [6, 6.07) is 27.4. The number of hydrogen-bond acceptors (Lipinski definition) is 11. The van der Waals surface area contributed by atoms with Gasteiger partial charge in [0.25, 0.3) is 15.9 Å². The predicted octanol–water partition coefficient (Wildman–Crippen LogP) is 9.25. The number of sulfonamides is 1. The quantitative estimate of drug-likeness (QED) is 0.0188. The van der Waals surface area contributed by atoms with Gasteiger partial charge in [0.1, 0.15) is 53.9 Å². The fourth-order valence-electron chi connectivity index (χ4n) is 9.48. The van der Waals surface area contributed by atoms with Crippen LogP contribution in [-0.4, -0.2) is 82.8 Å². The first-order valence-electron chi connectivity index (χ1n) is 24.9. The van der Waals surface area contributed by atoms with Gasteiger partial charge < -0.3 is 39.6 Å². The van der Waals surface area contributed by atoms with E-state index in [4.69, 9.17) is 29.1 Å². The molecule has 0 unspecified atom stereocenters. The lowest BCUT2D eigenvalue weighted by molar-refractivity contribution is -0.145. The summed E-state index contributed by atoms with van der Waals surface area (Å²) in [4.78, 5) is 41.9. The molecule has 0 aliphatic carbocycles. The van der Waals surface area contributed by atoms with Crippen molar-refractivity contribution in [2.45, 2.75) is 102 Å². The van der Waals surface area contributed by atoms with E-state index in [9.17, 15) is 22.8 Å². The molecule has 3 atom stereocenters. The maximum absolute atomic E-state index is 14.4. The van der Waals surface area contributed by atoms with E-state index in [0.29, 0.717) is 64.7 Å². The molecule has 15 nitrogen and oxygen atoms in total. The van der Waals surface area contributed by atoms with Crippen molar-refractivity contribution in [2.24, 2.45) is 0 Å². The van der Waals surface area contributed by atoms with Crippen LogP contribution in [0.2, 0.25) is 0 Å². The third kappa shape index (κ3) is 13.1. The Morgan fingerprint density at radius 3 is 1.96 bits per heavy atom. The molecule has 0 fully saturated rings. The molecule has 16 heteroatoms. The molecule has 0 bridgehead atoms. The molecule has 5 N–H and O–H groups in total. The number of guanidine groups is 1. The lowest BCUT2D eigenvalue weighted by Gasteiger charge is -2.35. The highest BCUT2D eigenvalue weighted by atomic mass is 32.2. The van der Waals surface area contributed by atoms with Crippen LogP contribution in [0.15, 0.2) is 127 Å². The molecule has 394 valence electrons. The van der Waals surface area contributed by atoms with E-state index < -0.39 is 64.1 Å². The zero-order valence-corrected chi connectivity index (χ0v) is 44.5. The number of fused-ring (bicyclic) bond motifs is 3. The predicted molar refractivity (Wildman–Crippen MR) is 293 cm³/mol. The number of carbonyl (C=O) groups excluding carboxylic acids is 3. The molecule has 1 aliphatic heterocycles. The smallest absolute Gasteiger partial charge is 0.328 e. The Labute approximate surface area is 439 Å². The normalized spacial score (nSPS) is 14.0. The van der Waals surface area contributed by atoms with Crippen LogP contribution in [0, 0.1) is 26.2 Å². The highest BCUT2D eigenvalue weighted by molar-refractivity contribution is 7.90. The number of methoxy groups -OCH3 is 1. The molecule has 0 saturated carbocycles. The van der Waals surface area contributed by atoms with E-state index in [1.165, 1.54) is 7.11 Å². The Balaban J connectivity index is 1.12. The van der Waals surface area contributed by atoms with Gasteiger partial charge in [0, 0.05) is 23.6 Å². The molecular formula is C59H67N5O10S. The summed E-state index contributed by atoms with van der Waals surface area (Å²) in [5.74, 6) is -0.222. The van der Waals surface area contributed by atoms with Crippen molar-refractivity contribution in [1.82, 2.24) is 20.7 Å². The second-order valence-corrected chi connectivity index (χ2v) is 21.0. The van der Waals surface area contributed by atoms with Gasteiger partial charge in [-0.1, -0.05) is 98.1 Å². The molecule has 75 heavy (non-hydrogen) atoms. The second-order valence-electron chi connectivity index (χ2n) is 19.3. The summed E-state index contributed by atoms with van der Waals surface area (Å²) in [7, 11) is -3.02. The molecule has 6 aromatic rings. The van der Waals surface area contributed by atoms with Crippen LogP contribution in [0.3, 0.4) is 0 Å². The van der Waals surface area contributed by atoms with E-state index in [2.05, 4.69) is 33.8 Å². The number of esters is 1. The first kappa shape index (κ1) is 54.9. The molecule has 0 saturated heterocycles. The summed E-state index contributed by atoms with van der Waals surface area (Å²) in [6.45, 7) is 18.6. The Morgan fingerprint density at radius 1 is 0.747 bits per heavy atom. The second kappa shape index (κ2) is 24.0. The molecule has 0 aromatic heterocycles. The summed E-state index contributed by atoms with van der Waals surface area (Å²) < 4.78 is 60.1. The number of hydrogen-bond donors (Lipinski definition) is 5. The Kier molecular flexibility index (Phi) is 17.6. The third-order valence-electron chi connectivity index (χ3n) is 13.4. The van der Waals surface area contributed by atoms with Crippen LogP contribution in [0.4, 0.5) is 0 Å². The number of rotatable bonds is 22. The van der Waals surface area contributed by atoms with Crippen molar-refractivity contribution < 1.29 is 46.5 Å². The average molecular weight is 1040 g/mol. The van der Waals surface area contributed by atoms with E-state index in [1.54, 1.807) is 63.3 Å². The van der Waals surface area contributed by atoms with Crippen LogP contribution in [0.1, 0.15) is 67.9 Å². The van der Waals surface area contributed by atoms with Gasteiger partial charge in [-0.25, -0.2) is 17.9 Å². The summed E-state index contributed by atoms with van der Waals surface area (Å²) in [6.07, 6.45) is 4.86. The van der Waals surface area contributed by atoms with Gasteiger partial charge >= 0.3 is 5.97 Å². The highest BCUT2D eigenvalue weighted by Gasteiger charge is 2.34. The van der Waals surface area contributed by atoms with Gasteiger partial charge in [0.15, 0.2) is 6.61 Å². The van der Waals surface area contributed by atoms with E-state index in [1.807, 2.05) is 87.5 Å². The van der Waals surface area contributed by atoms with Crippen LogP contribution < -0.4 is 39.6 Å². The van der Waals surface area contributed by atoms with Crippen LogP contribution >= 0.6 is 0 Å². The van der Waals surface area contributed by atoms with E-state index in [0.717, 1.165) is 38.2 Å². The minimum Gasteiger partial charge on any atom is -0.490 e. The molecule has 2 amide bonds. The molecular weight excluding hydrogens is 971 g/mol. The molecule has 0 spiro atoms. The highest BCUT2D eigenvalue weighted by Crippen LogP contribution is 2.46. The van der Waals surface area contributed by atoms with Crippen molar-refractivity contribution in [1.29, 1.82) is 5.41 Å². The van der Waals surface area contributed by atoms with E-state index >= 15 is 0 Å². The summed E-state index contributed by atoms with van der Waals surface area (Å²) >= 11 is 0. The van der Waals surface area contributed by atoms with Gasteiger partial charge in [-0.3, -0.25) is 15.0 Å². The van der Waals surface area contributed by atoms with Crippen molar-refractivity contribution in [3.05, 3.63) is 150 Å². The lowest BCUT2D eigenvalue weighted by Crippen LogP contribution is -2.53. The molecule has 1 heterocycles. The molecule has 6 aromatic carbocycles. The van der Waals surface area contributed by atoms with Gasteiger partial charge in [0.05, 0.1) is 12.0 Å². The third-order valence-corrected chi connectivity index (χ3v) is 15.0. The zero-order valence-electron chi connectivity index (χ0n) is 43.7. The standard InChI is InChI=1S/C59H67N5O10S/c1-10-32-71-43-25-21-40(22-26-43)34-48(57(67)70-9)63-56(66)47(27-20-36(3)61-58(60)64-75(68,69)55-38(5)37(4)54-44(39(55)6)30-31-59(7,8)74-54)62-51(65)35-73-50-29-24-42-17-13-15-19-46(42)53(50)52-45-18-14-12-16-41(45)23-28-49(52)72-33-11-2/h10-19,21-26,28-29,36,47-48H,1-2,20,27,30-35H2,3-9H3,(H,62,65)(H,63,66)(H3,60,61,64)/t36-,47+,48-/m0/s1. The Hall–Kier alpha value is -7.85. The fraction of sp³-hybridized carbons (Fsp3) is 0.322. The summed E-state index contributed by atoms with van der Waals surface area (Å²) in [5.41, 5.74) is 4.43. The van der Waals surface area contributed by atoms with Crippen LogP contribution in [0.25, 0.3) is 32.7 Å². The van der Waals surface area contributed by atoms with Gasteiger partial charge in [-0.2, -0.15) is 0 Å². The first-order valence-corrected chi connectivity index (χ1v) is 26.4. The minimum absolute atomic E-state index is 0.00514. The SMILES string of the molecule is C=CCOc1ccc(C[C@H](NC(=O)[C@@H](CC[C@H](C)NC(=N)NS(=O)(=O)c2c(C)c(C)c3c(c2C)CCC(C)(C)O3)NC(=O)COc2ccc3ccccc3c2-c2c(OCC=C)ccc3ccccc23)C(=O)OC)cc1. The van der Waals surface area contributed by atoms with Crippen molar-refractivity contribution >= 4 is 55.3 Å². The van der Waals surface area contributed by atoms with Crippen LogP contribution in [-0.2, 0) is 42.0 Å². The number of amides is 2. The molecule has 1 aliphatic rings. The van der Waals surface area contributed by atoms with Crippen molar-refractivity contribution in [3.8, 4) is 34.1 Å². The fourth-order valence-corrected chi connectivity index (χ4v) is 11.0. The van der Waals surface area contributed by atoms with Gasteiger partial charge in [-0.05, 0) is 141 Å². The zero-order chi connectivity index (χ0) is 54.0. The van der Waals surface area contributed by atoms with E-state index in [-0.39, 0.29) is 30.8 Å². The van der Waals surface area contributed by atoms with Crippen molar-refractivity contribution in [3.63, 3.8) is 0 Å². The molecule has 0 radical (unpaired) electrons. The number of benzene rings is 6. The maximum Gasteiger partial charge on any atom is 0.328 e.